The lowest BCUT2D eigenvalue weighted by Gasteiger charge is -2.08. The van der Waals surface area contributed by atoms with Crippen LogP contribution in [0.1, 0.15) is 5.56 Å². The molecule has 4 heteroatoms. The van der Waals surface area contributed by atoms with Gasteiger partial charge >= 0.3 is 0 Å². The first-order chi connectivity index (χ1) is 10.3. The van der Waals surface area contributed by atoms with Crippen molar-refractivity contribution in [1.29, 1.82) is 0 Å². The van der Waals surface area contributed by atoms with Crippen molar-refractivity contribution in [2.24, 2.45) is 0 Å². The van der Waals surface area contributed by atoms with Crippen LogP contribution in [0.4, 0.5) is 0 Å². The Morgan fingerprint density at radius 1 is 0.952 bits per heavy atom. The summed E-state index contributed by atoms with van der Waals surface area (Å²) in [5.41, 5.74) is 3.93. The fourth-order valence-electron chi connectivity index (χ4n) is 2.23. The average molecular weight is 278 g/mol. The van der Waals surface area contributed by atoms with Gasteiger partial charge in [-0.25, -0.2) is 5.10 Å². The van der Waals surface area contributed by atoms with Crippen molar-refractivity contribution in [2.75, 3.05) is 0 Å². The summed E-state index contributed by atoms with van der Waals surface area (Å²) in [6.45, 7) is -0.000550. The summed E-state index contributed by atoms with van der Waals surface area (Å²) in [6, 6.07) is 18.7. The predicted octanol–water partition coefficient (Wildman–Crippen LogP) is 2.60. The molecule has 0 aliphatic heterocycles. The van der Waals surface area contributed by atoms with Gasteiger partial charge in [-0.15, -0.1) is 0 Å². The van der Waals surface area contributed by atoms with Crippen LogP contribution >= 0.6 is 0 Å². The van der Waals surface area contributed by atoms with Crippen molar-refractivity contribution in [3.05, 3.63) is 76.6 Å². The van der Waals surface area contributed by atoms with Crippen molar-refractivity contribution in [2.45, 2.75) is 6.61 Å². The Balaban J connectivity index is 2.16. The third-order valence-corrected chi connectivity index (χ3v) is 3.30. The summed E-state index contributed by atoms with van der Waals surface area (Å²) < 4.78 is 0. The smallest absolute Gasteiger partial charge is 0.264 e. The molecule has 0 bridgehead atoms. The first-order valence-corrected chi connectivity index (χ1v) is 6.63. The van der Waals surface area contributed by atoms with Gasteiger partial charge in [-0.3, -0.25) is 4.79 Å². The van der Waals surface area contributed by atoms with Crippen LogP contribution in [0.3, 0.4) is 0 Å². The number of aromatic nitrogens is 2. The number of hydrogen-bond donors (Lipinski definition) is 2. The van der Waals surface area contributed by atoms with E-state index in [1.165, 1.54) is 0 Å². The largest absolute Gasteiger partial charge is 0.392 e. The fraction of sp³-hybridized carbons (Fsp3) is 0.0588. The van der Waals surface area contributed by atoms with Gasteiger partial charge in [0.15, 0.2) is 0 Å². The second kappa shape index (κ2) is 5.73. The number of hydrogen-bond acceptors (Lipinski definition) is 3. The minimum atomic E-state index is -0.240. The van der Waals surface area contributed by atoms with Crippen molar-refractivity contribution < 1.29 is 5.11 Å². The molecule has 3 rings (SSSR count). The zero-order valence-corrected chi connectivity index (χ0v) is 11.3. The summed E-state index contributed by atoms with van der Waals surface area (Å²) >= 11 is 0. The Bertz CT molecular complexity index is 793. The Morgan fingerprint density at radius 2 is 1.67 bits per heavy atom. The van der Waals surface area contributed by atoms with E-state index in [9.17, 15) is 4.79 Å². The zero-order valence-electron chi connectivity index (χ0n) is 11.3. The normalized spacial score (nSPS) is 10.5. The highest BCUT2D eigenvalue weighted by atomic mass is 16.3. The van der Waals surface area contributed by atoms with Crippen LogP contribution in [0.15, 0.2) is 65.5 Å². The Kier molecular flexibility index (Phi) is 3.62. The zero-order chi connectivity index (χ0) is 14.7. The lowest BCUT2D eigenvalue weighted by molar-refractivity contribution is 0.282. The number of nitrogens with zero attached hydrogens (tertiary/aromatic N) is 1. The topological polar surface area (TPSA) is 66.0 Å². The first-order valence-electron chi connectivity index (χ1n) is 6.63. The third kappa shape index (κ3) is 2.75. The van der Waals surface area contributed by atoms with E-state index in [1.807, 2.05) is 54.6 Å². The lowest BCUT2D eigenvalue weighted by atomic mass is 9.99. The second-order valence-electron chi connectivity index (χ2n) is 4.72. The lowest BCUT2D eigenvalue weighted by Crippen LogP contribution is -2.08. The van der Waals surface area contributed by atoms with Crippen molar-refractivity contribution >= 4 is 0 Å². The molecule has 2 N–H and O–H groups in total. The molecular weight excluding hydrogens is 264 g/mol. The minimum absolute atomic E-state index is 0.000550. The molecule has 21 heavy (non-hydrogen) atoms. The van der Waals surface area contributed by atoms with E-state index in [1.54, 1.807) is 6.07 Å². The molecule has 0 fully saturated rings. The maximum absolute atomic E-state index is 11.6. The van der Waals surface area contributed by atoms with Gasteiger partial charge in [-0.1, -0.05) is 54.6 Å². The quantitative estimate of drug-likeness (QED) is 0.774. The second-order valence-corrected chi connectivity index (χ2v) is 4.72. The van der Waals surface area contributed by atoms with Crippen molar-refractivity contribution in [3.8, 4) is 22.4 Å². The summed E-state index contributed by atoms with van der Waals surface area (Å²) in [5, 5.41) is 15.8. The van der Waals surface area contributed by atoms with Crippen LogP contribution in [-0.2, 0) is 6.61 Å². The number of aliphatic hydroxyl groups excluding tert-OH is 1. The molecule has 0 aliphatic carbocycles. The van der Waals surface area contributed by atoms with E-state index in [4.69, 9.17) is 5.11 Å². The first kappa shape index (κ1) is 13.3. The molecule has 0 amide bonds. The SMILES string of the molecule is O=c1cc(-c2ccc(CO)cc2)c(-c2ccccc2)n[nH]1. The molecule has 0 saturated carbocycles. The van der Waals surface area contributed by atoms with E-state index < -0.39 is 0 Å². The van der Waals surface area contributed by atoms with Gasteiger partial charge in [-0.05, 0) is 11.1 Å². The summed E-state index contributed by atoms with van der Waals surface area (Å²) in [7, 11) is 0. The monoisotopic (exact) mass is 278 g/mol. The van der Waals surface area contributed by atoms with E-state index >= 15 is 0 Å². The third-order valence-electron chi connectivity index (χ3n) is 3.30. The Hall–Kier alpha value is -2.72. The van der Waals surface area contributed by atoms with Crippen LogP contribution in [-0.4, -0.2) is 15.3 Å². The molecule has 2 aromatic carbocycles. The maximum atomic E-state index is 11.6. The van der Waals surface area contributed by atoms with E-state index in [0.717, 1.165) is 27.9 Å². The molecule has 3 aromatic rings. The molecule has 0 spiro atoms. The summed E-state index contributed by atoms with van der Waals surface area (Å²) in [6.07, 6.45) is 0. The standard InChI is InChI=1S/C17H14N2O2/c20-11-12-6-8-13(9-7-12)15-10-16(21)18-19-17(15)14-4-2-1-3-5-14/h1-10,20H,11H2,(H,18,21). The summed E-state index contributed by atoms with van der Waals surface area (Å²) in [5.74, 6) is 0. The van der Waals surface area contributed by atoms with Crippen LogP contribution in [0.5, 0.6) is 0 Å². The molecule has 0 atom stereocenters. The van der Waals surface area contributed by atoms with Gasteiger partial charge in [0.2, 0.25) is 0 Å². The number of rotatable bonds is 3. The highest BCUT2D eigenvalue weighted by Crippen LogP contribution is 2.28. The predicted molar refractivity (Wildman–Crippen MR) is 81.7 cm³/mol. The minimum Gasteiger partial charge on any atom is -0.392 e. The molecule has 104 valence electrons. The maximum Gasteiger partial charge on any atom is 0.264 e. The van der Waals surface area contributed by atoms with E-state index in [-0.39, 0.29) is 12.2 Å². The van der Waals surface area contributed by atoms with Crippen LogP contribution in [0.2, 0.25) is 0 Å². The van der Waals surface area contributed by atoms with Crippen LogP contribution < -0.4 is 5.56 Å². The van der Waals surface area contributed by atoms with E-state index in [0.29, 0.717) is 0 Å². The Morgan fingerprint density at radius 3 is 2.33 bits per heavy atom. The molecule has 0 radical (unpaired) electrons. The highest BCUT2D eigenvalue weighted by molar-refractivity contribution is 5.80. The number of benzene rings is 2. The number of aliphatic hydroxyl groups is 1. The number of nitrogens with one attached hydrogen (secondary N) is 1. The van der Waals surface area contributed by atoms with Gasteiger partial charge in [-0.2, -0.15) is 5.10 Å². The van der Waals surface area contributed by atoms with Gasteiger partial charge < -0.3 is 5.11 Å². The highest BCUT2D eigenvalue weighted by Gasteiger charge is 2.10. The molecule has 0 saturated heterocycles. The number of aromatic amines is 1. The molecule has 1 aromatic heterocycles. The molecular formula is C17H14N2O2. The average Bonchev–Trinajstić information content (AvgIpc) is 2.56. The van der Waals surface area contributed by atoms with Gasteiger partial charge in [0.25, 0.3) is 5.56 Å². The molecule has 0 unspecified atom stereocenters. The molecule has 1 heterocycles. The van der Waals surface area contributed by atoms with Gasteiger partial charge in [0.05, 0.1) is 12.3 Å². The van der Waals surface area contributed by atoms with Crippen molar-refractivity contribution in [1.82, 2.24) is 10.2 Å². The molecule has 4 nitrogen and oxygen atoms in total. The Labute approximate surface area is 121 Å². The van der Waals surface area contributed by atoms with Crippen molar-refractivity contribution in [3.63, 3.8) is 0 Å². The van der Waals surface area contributed by atoms with Gasteiger partial charge in [0, 0.05) is 17.2 Å². The fourth-order valence-corrected chi connectivity index (χ4v) is 2.23. The molecule has 0 aliphatic rings. The van der Waals surface area contributed by atoms with Crippen LogP contribution in [0, 0.1) is 0 Å². The van der Waals surface area contributed by atoms with Crippen LogP contribution in [0.25, 0.3) is 22.4 Å². The van der Waals surface area contributed by atoms with E-state index in [2.05, 4.69) is 10.2 Å². The van der Waals surface area contributed by atoms with Gasteiger partial charge in [0.1, 0.15) is 0 Å². The number of H-pyrrole nitrogens is 1. The summed E-state index contributed by atoms with van der Waals surface area (Å²) in [4.78, 5) is 11.6.